The van der Waals surface area contributed by atoms with Gasteiger partial charge in [-0.3, -0.25) is 0 Å². The number of imidazole rings is 1. The van der Waals surface area contributed by atoms with Crippen molar-refractivity contribution >= 4 is 11.0 Å². The van der Waals surface area contributed by atoms with Crippen LogP contribution in [0.15, 0.2) is 41.6 Å². The lowest BCUT2D eigenvalue weighted by Crippen LogP contribution is -2.19. The Kier molecular flexibility index (Phi) is 2.04. The average Bonchev–Trinajstić information content (AvgIpc) is 2.79. The van der Waals surface area contributed by atoms with E-state index in [0.717, 1.165) is 16.6 Å². The summed E-state index contributed by atoms with van der Waals surface area (Å²) < 4.78 is 1.44. The molecule has 0 aliphatic carbocycles. The van der Waals surface area contributed by atoms with Crippen molar-refractivity contribution in [1.82, 2.24) is 19.5 Å². The van der Waals surface area contributed by atoms with Crippen molar-refractivity contribution in [3.8, 4) is 11.3 Å². The molecule has 0 unspecified atom stereocenters. The zero-order valence-corrected chi connectivity index (χ0v) is 9.21. The summed E-state index contributed by atoms with van der Waals surface area (Å²) in [6.45, 7) is 0. The van der Waals surface area contributed by atoms with Gasteiger partial charge in [-0.2, -0.15) is 4.98 Å². The van der Waals surface area contributed by atoms with Crippen LogP contribution in [-0.2, 0) is 7.05 Å². The molecule has 2 heterocycles. The quantitative estimate of drug-likeness (QED) is 0.680. The predicted octanol–water partition coefficient (Wildman–Crippen LogP) is 1.32. The summed E-state index contributed by atoms with van der Waals surface area (Å²) in [4.78, 5) is 22.7. The molecule has 0 amide bonds. The molecule has 3 aromatic rings. The van der Waals surface area contributed by atoms with Crippen LogP contribution in [0.5, 0.6) is 0 Å². The van der Waals surface area contributed by atoms with E-state index in [4.69, 9.17) is 0 Å². The Morgan fingerprint density at radius 1 is 1.29 bits per heavy atom. The molecule has 17 heavy (non-hydrogen) atoms. The Labute approximate surface area is 96.8 Å². The molecule has 0 bridgehead atoms. The first-order valence-corrected chi connectivity index (χ1v) is 5.21. The van der Waals surface area contributed by atoms with Crippen LogP contribution in [0, 0.1) is 0 Å². The fourth-order valence-corrected chi connectivity index (χ4v) is 1.72. The first-order chi connectivity index (χ1) is 8.24. The Balaban J connectivity index is 2.19. The maximum atomic E-state index is 11.5. The average molecular weight is 226 g/mol. The van der Waals surface area contributed by atoms with Crippen LogP contribution in [-0.4, -0.2) is 19.5 Å². The second-order valence-electron chi connectivity index (χ2n) is 3.84. The standard InChI is InChI=1S/C12H10N4O/c1-16-5-4-9(15-12(16)17)8-2-3-10-11(6-8)14-7-13-10/h2-7H,1H3,(H,13,14). The number of benzene rings is 1. The van der Waals surface area contributed by atoms with Crippen molar-refractivity contribution in [2.24, 2.45) is 7.05 Å². The number of rotatable bonds is 1. The molecule has 84 valence electrons. The van der Waals surface area contributed by atoms with Gasteiger partial charge < -0.3 is 9.55 Å². The summed E-state index contributed by atoms with van der Waals surface area (Å²) in [5.74, 6) is 0. The number of fused-ring (bicyclic) bond motifs is 1. The molecule has 0 aliphatic rings. The summed E-state index contributed by atoms with van der Waals surface area (Å²) >= 11 is 0. The van der Waals surface area contributed by atoms with Crippen molar-refractivity contribution in [2.45, 2.75) is 0 Å². The van der Waals surface area contributed by atoms with Gasteiger partial charge in [-0.05, 0) is 18.2 Å². The fourth-order valence-electron chi connectivity index (χ4n) is 1.72. The topological polar surface area (TPSA) is 63.6 Å². The van der Waals surface area contributed by atoms with Crippen molar-refractivity contribution < 1.29 is 0 Å². The Morgan fingerprint density at radius 2 is 2.18 bits per heavy atom. The van der Waals surface area contributed by atoms with Gasteiger partial charge in [-0.15, -0.1) is 0 Å². The summed E-state index contributed by atoms with van der Waals surface area (Å²) in [5, 5.41) is 0. The number of aryl methyl sites for hydroxylation is 1. The van der Waals surface area contributed by atoms with Crippen molar-refractivity contribution in [3.05, 3.63) is 47.3 Å². The zero-order valence-electron chi connectivity index (χ0n) is 9.21. The normalized spacial score (nSPS) is 10.9. The lowest BCUT2D eigenvalue weighted by atomic mass is 10.1. The van der Waals surface area contributed by atoms with Gasteiger partial charge in [0.1, 0.15) is 0 Å². The summed E-state index contributed by atoms with van der Waals surface area (Å²) in [6, 6.07) is 7.57. The van der Waals surface area contributed by atoms with Crippen molar-refractivity contribution in [2.75, 3.05) is 0 Å². The Morgan fingerprint density at radius 3 is 3.00 bits per heavy atom. The molecule has 0 aliphatic heterocycles. The second kappa shape index (κ2) is 3.55. The molecule has 0 saturated carbocycles. The molecule has 0 radical (unpaired) electrons. The van der Waals surface area contributed by atoms with Crippen LogP contribution in [0.1, 0.15) is 0 Å². The molecule has 5 nitrogen and oxygen atoms in total. The highest BCUT2D eigenvalue weighted by atomic mass is 16.1. The molecule has 2 aromatic heterocycles. The number of nitrogens with one attached hydrogen (secondary N) is 1. The molecule has 1 aromatic carbocycles. The van der Waals surface area contributed by atoms with E-state index in [9.17, 15) is 4.79 Å². The minimum absolute atomic E-state index is 0.260. The first kappa shape index (κ1) is 9.77. The minimum Gasteiger partial charge on any atom is -0.345 e. The van der Waals surface area contributed by atoms with Crippen LogP contribution in [0.25, 0.3) is 22.3 Å². The number of H-pyrrole nitrogens is 1. The predicted molar refractivity (Wildman–Crippen MR) is 64.6 cm³/mol. The molecule has 0 saturated heterocycles. The number of hydrogen-bond acceptors (Lipinski definition) is 3. The highest BCUT2D eigenvalue weighted by Gasteiger charge is 2.03. The van der Waals surface area contributed by atoms with E-state index in [1.54, 1.807) is 19.6 Å². The van der Waals surface area contributed by atoms with E-state index >= 15 is 0 Å². The molecular formula is C12H10N4O. The summed E-state index contributed by atoms with van der Waals surface area (Å²) in [6.07, 6.45) is 3.35. The molecule has 5 heteroatoms. The maximum Gasteiger partial charge on any atom is 0.347 e. The van der Waals surface area contributed by atoms with E-state index in [1.165, 1.54) is 4.57 Å². The highest BCUT2D eigenvalue weighted by Crippen LogP contribution is 2.19. The van der Waals surface area contributed by atoms with E-state index in [0.29, 0.717) is 5.69 Å². The van der Waals surface area contributed by atoms with Crippen molar-refractivity contribution in [3.63, 3.8) is 0 Å². The van der Waals surface area contributed by atoms with Gasteiger partial charge in [0.05, 0.1) is 23.1 Å². The van der Waals surface area contributed by atoms with Gasteiger partial charge in [0, 0.05) is 18.8 Å². The molecule has 1 N–H and O–H groups in total. The van der Waals surface area contributed by atoms with Gasteiger partial charge >= 0.3 is 5.69 Å². The van der Waals surface area contributed by atoms with Crippen LogP contribution in [0.2, 0.25) is 0 Å². The van der Waals surface area contributed by atoms with E-state index in [2.05, 4.69) is 15.0 Å². The Hall–Kier alpha value is -2.43. The number of aromatic amines is 1. The van der Waals surface area contributed by atoms with Gasteiger partial charge in [0.2, 0.25) is 0 Å². The Bertz CT molecular complexity index is 741. The SMILES string of the molecule is Cn1ccc(-c2ccc3[nH]cnc3c2)nc1=O. The van der Waals surface area contributed by atoms with Gasteiger partial charge in [-0.1, -0.05) is 6.07 Å². The number of hydrogen-bond donors (Lipinski definition) is 1. The second-order valence-corrected chi connectivity index (χ2v) is 3.84. The first-order valence-electron chi connectivity index (χ1n) is 5.21. The van der Waals surface area contributed by atoms with E-state index in [-0.39, 0.29) is 5.69 Å². The third-order valence-electron chi connectivity index (χ3n) is 2.69. The van der Waals surface area contributed by atoms with Crippen LogP contribution >= 0.6 is 0 Å². The van der Waals surface area contributed by atoms with Crippen LogP contribution < -0.4 is 5.69 Å². The molecule has 0 spiro atoms. The fraction of sp³-hybridized carbons (Fsp3) is 0.0833. The number of aromatic nitrogens is 4. The van der Waals surface area contributed by atoms with Gasteiger partial charge in [0.15, 0.2) is 0 Å². The van der Waals surface area contributed by atoms with E-state index in [1.807, 2.05) is 24.3 Å². The third kappa shape index (κ3) is 1.61. The zero-order chi connectivity index (χ0) is 11.8. The highest BCUT2D eigenvalue weighted by molar-refractivity contribution is 5.80. The van der Waals surface area contributed by atoms with Crippen molar-refractivity contribution in [1.29, 1.82) is 0 Å². The lowest BCUT2D eigenvalue weighted by molar-refractivity contribution is 0.813. The third-order valence-corrected chi connectivity index (χ3v) is 2.69. The minimum atomic E-state index is -0.260. The van der Waals surface area contributed by atoms with Gasteiger partial charge in [0.25, 0.3) is 0 Å². The lowest BCUT2D eigenvalue weighted by Gasteiger charge is -2.01. The van der Waals surface area contributed by atoms with Crippen LogP contribution in [0.3, 0.4) is 0 Å². The summed E-state index contributed by atoms with van der Waals surface area (Å²) in [7, 11) is 1.68. The largest absolute Gasteiger partial charge is 0.347 e. The van der Waals surface area contributed by atoms with Gasteiger partial charge in [-0.25, -0.2) is 9.78 Å². The van der Waals surface area contributed by atoms with E-state index < -0.39 is 0 Å². The maximum absolute atomic E-state index is 11.5. The monoisotopic (exact) mass is 226 g/mol. The number of nitrogens with zero attached hydrogens (tertiary/aromatic N) is 3. The molecular weight excluding hydrogens is 216 g/mol. The smallest absolute Gasteiger partial charge is 0.345 e. The molecule has 0 atom stereocenters. The molecule has 0 fully saturated rings. The summed E-state index contributed by atoms with van der Waals surface area (Å²) in [5.41, 5.74) is 3.13. The van der Waals surface area contributed by atoms with Crippen LogP contribution in [0.4, 0.5) is 0 Å². The molecule has 3 rings (SSSR count).